The maximum absolute atomic E-state index is 11.2. The molecule has 68 valence electrons. The summed E-state index contributed by atoms with van der Waals surface area (Å²) in [5.74, 6) is -0.0525. The van der Waals surface area contributed by atoms with Crippen molar-refractivity contribution in [2.24, 2.45) is 0 Å². The van der Waals surface area contributed by atoms with Gasteiger partial charge in [-0.15, -0.1) is 0 Å². The zero-order chi connectivity index (χ0) is 10.0. The third kappa shape index (κ3) is 1.66. The molecule has 0 radical (unpaired) electrons. The monoisotopic (exact) mass is 176 g/mol. The minimum Gasteiger partial charge on any atom is -0.298 e. The van der Waals surface area contributed by atoms with Crippen molar-refractivity contribution in [1.29, 1.82) is 0 Å². The Hall–Kier alpha value is -1.44. The average Bonchev–Trinajstić information content (AvgIpc) is 2.08. The Morgan fingerprint density at radius 3 is 2.38 bits per heavy atom. The van der Waals surface area contributed by atoms with Crippen LogP contribution in [0.4, 0.5) is 0 Å². The minimum absolute atomic E-state index is 0.0525. The standard InChI is InChI=1S/C11H12O2/c1-7-4-5-10(6-12)11(8(7)2)9(3)13/h4-6H,1-3H3. The number of hydrogen-bond acceptors (Lipinski definition) is 2. The first kappa shape index (κ1) is 9.65. The van der Waals surface area contributed by atoms with E-state index in [0.29, 0.717) is 11.1 Å². The first-order chi connectivity index (χ1) is 6.07. The fourth-order valence-corrected chi connectivity index (χ4v) is 1.40. The fraction of sp³-hybridized carbons (Fsp3) is 0.273. The summed E-state index contributed by atoms with van der Waals surface area (Å²) in [5.41, 5.74) is 2.97. The molecule has 0 saturated heterocycles. The van der Waals surface area contributed by atoms with Crippen LogP contribution in [0.15, 0.2) is 12.1 Å². The molecule has 0 aliphatic rings. The highest BCUT2D eigenvalue weighted by atomic mass is 16.1. The molecule has 0 heterocycles. The average molecular weight is 176 g/mol. The van der Waals surface area contributed by atoms with Crippen molar-refractivity contribution in [2.45, 2.75) is 20.8 Å². The summed E-state index contributed by atoms with van der Waals surface area (Å²) in [7, 11) is 0. The molecule has 0 bridgehead atoms. The Morgan fingerprint density at radius 2 is 1.92 bits per heavy atom. The molecule has 0 saturated carbocycles. The van der Waals surface area contributed by atoms with Gasteiger partial charge in [-0.1, -0.05) is 12.1 Å². The topological polar surface area (TPSA) is 34.1 Å². The van der Waals surface area contributed by atoms with E-state index in [2.05, 4.69) is 0 Å². The molecule has 1 rings (SSSR count). The van der Waals surface area contributed by atoms with Gasteiger partial charge in [0.15, 0.2) is 12.1 Å². The molecule has 0 aliphatic heterocycles. The van der Waals surface area contributed by atoms with Crippen LogP contribution in [0.2, 0.25) is 0 Å². The number of rotatable bonds is 2. The van der Waals surface area contributed by atoms with E-state index < -0.39 is 0 Å². The van der Waals surface area contributed by atoms with Crippen LogP contribution >= 0.6 is 0 Å². The van der Waals surface area contributed by atoms with Gasteiger partial charge in [-0.25, -0.2) is 0 Å². The van der Waals surface area contributed by atoms with Crippen LogP contribution in [0.3, 0.4) is 0 Å². The number of ketones is 1. The molecule has 0 amide bonds. The van der Waals surface area contributed by atoms with Crippen molar-refractivity contribution in [2.75, 3.05) is 0 Å². The number of aryl methyl sites for hydroxylation is 1. The van der Waals surface area contributed by atoms with E-state index in [-0.39, 0.29) is 5.78 Å². The molecular formula is C11H12O2. The van der Waals surface area contributed by atoms with Crippen molar-refractivity contribution in [3.05, 3.63) is 34.4 Å². The molecular weight excluding hydrogens is 164 g/mol. The summed E-state index contributed by atoms with van der Waals surface area (Å²) in [6.45, 7) is 5.27. The maximum Gasteiger partial charge on any atom is 0.160 e. The molecule has 0 fully saturated rings. The summed E-state index contributed by atoms with van der Waals surface area (Å²) >= 11 is 0. The molecule has 13 heavy (non-hydrogen) atoms. The van der Waals surface area contributed by atoms with Crippen LogP contribution in [-0.4, -0.2) is 12.1 Å². The lowest BCUT2D eigenvalue weighted by molar-refractivity contribution is 0.100. The van der Waals surface area contributed by atoms with Crippen LogP contribution in [-0.2, 0) is 0 Å². The number of Topliss-reactive ketones (excluding diaryl/α,β-unsaturated/α-hetero) is 1. The zero-order valence-corrected chi connectivity index (χ0v) is 8.05. The van der Waals surface area contributed by atoms with Gasteiger partial charge in [-0.05, 0) is 31.9 Å². The molecule has 0 atom stereocenters. The van der Waals surface area contributed by atoms with Gasteiger partial charge in [0.05, 0.1) is 0 Å². The summed E-state index contributed by atoms with van der Waals surface area (Å²) in [4.78, 5) is 21.9. The molecule has 2 nitrogen and oxygen atoms in total. The Balaban J connectivity index is 3.50. The van der Waals surface area contributed by atoms with Gasteiger partial charge in [-0.2, -0.15) is 0 Å². The van der Waals surface area contributed by atoms with Crippen LogP contribution in [0, 0.1) is 13.8 Å². The normalized spacial score (nSPS) is 9.77. The Bertz CT molecular complexity index is 365. The highest BCUT2D eigenvalue weighted by Gasteiger charge is 2.10. The maximum atomic E-state index is 11.2. The summed E-state index contributed by atoms with van der Waals surface area (Å²) in [5, 5.41) is 0. The first-order valence-corrected chi connectivity index (χ1v) is 4.14. The summed E-state index contributed by atoms with van der Waals surface area (Å²) in [6, 6.07) is 3.54. The second kappa shape index (κ2) is 3.52. The van der Waals surface area contributed by atoms with E-state index in [9.17, 15) is 9.59 Å². The second-order valence-corrected chi connectivity index (χ2v) is 3.15. The molecule has 2 heteroatoms. The van der Waals surface area contributed by atoms with Crippen molar-refractivity contribution in [1.82, 2.24) is 0 Å². The van der Waals surface area contributed by atoms with Crippen LogP contribution in [0.25, 0.3) is 0 Å². The fourth-order valence-electron chi connectivity index (χ4n) is 1.40. The number of aldehydes is 1. The van der Waals surface area contributed by atoms with E-state index in [0.717, 1.165) is 17.4 Å². The third-order valence-electron chi connectivity index (χ3n) is 2.25. The SMILES string of the molecule is CC(=O)c1c(C=O)ccc(C)c1C. The largest absolute Gasteiger partial charge is 0.298 e. The molecule has 1 aromatic rings. The number of carbonyl (C=O) groups excluding carboxylic acids is 2. The van der Waals surface area contributed by atoms with E-state index in [4.69, 9.17) is 0 Å². The van der Waals surface area contributed by atoms with Crippen molar-refractivity contribution in [3.63, 3.8) is 0 Å². The number of hydrogen-bond donors (Lipinski definition) is 0. The van der Waals surface area contributed by atoms with E-state index >= 15 is 0 Å². The van der Waals surface area contributed by atoms with Crippen molar-refractivity contribution < 1.29 is 9.59 Å². The van der Waals surface area contributed by atoms with Crippen LogP contribution < -0.4 is 0 Å². The predicted molar refractivity (Wildman–Crippen MR) is 51.3 cm³/mol. The molecule has 0 aromatic heterocycles. The van der Waals surface area contributed by atoms with Gasteiger partial charge in [0.25, 0.3) is 0 Å². The van der Waals surface area contributed by atoms with E-state index in [1.807, 2.05) is 19.9 Å². The Kier molecular flexibility index (Phi) is 2.61. The lowest BCUT2D eigenvalue weighted by Crippen LogP contribution is -2.03. The summed E-state index contributed by atoms with van der Waals surface area (Å²) in [6.07, 6.45) is 0.725. The van der Waals surface area contributed by atoms with Gasteiger partial charge >= 0.3 is 0 Å². The smallest absolute Gasteiger partial charge is 0.160 e. The van der Waals surface area contributed by atoms with Gasteiger partial charge in [0.2, 0.25) is 0 Å². The minimum atomic E-state index is -0.0525. The van der Waals surface area contributed by atoms with Gasteiger partial charge in [0.1, 0.15) is 0 Å². The quantitative estimate of drug-likeness (QED) is 0.512. The number of carbonyl (C=O) groups is 2. The zero-order valence-electron chi connectivity index (χ0n) is 8.05. The van der Waals surface area contributed by atoms with E-state index in [1.165, 1.54) is 6.92 Å². The molecule has 0 aliphatic carbocycles. The van der Waals surface area contributed by atoms with Crippen molar-refractivity contribution in [3.8, 4) is 0 Å². The lowest BCUT2D eigenvalue weighted by Gasteiger charge is -2.07. The Labute approximate surface area is 77.6 Å². The van der Waals surface area contributed by atoms with Crippen LogP contribution in [0.1, 0.15) is 38.8 Å². The Morgan fingerprint density at radius 1 is 1.31 bits per heavy atom. The van der Waals surface area contributed by atoms with Crippen LogP contribution in [0.5, 0.6) is 0 Å². The van der Waals surface area contributed by atoms with Gasteiger partial charge in [-0.3, -0.25) is 9.59 Å². The molecule has 0 unspecified atom stereocenters. The second-order valence-electron chi connectivity index (χ2n) is 3.15. The predicted octanol–water partition coefficient (Wildman–Crippen LogP) is 2.32. The highest BCUT2D eigenvalue weighted by molar-refractivity contribution is 6.02. The summed E-state index contributed by atoms with van der Waals surface area (Å²) < 4.78 is 0. The number of benzene rings is 1. The molecule has 1 aromatic carbocycles. The third-order valence-corrected chi connectivity index (χ3v) is 2.25. The van der Waals surface area contributed by atoms with Crippen molar-refractivity contribution >= 4 is 12.1 Å². The van der Waals surface area contributed by atoms with Gasteiger partial charge in [0, 0.05) is 11.1 Å². The van der Waals surface area contributed by atoms with Gasteiger partial charge < -0.3 is 0 Å². The lowest BCUT2D eigenvalue weighted by atomic mass is 9.96. The molecule has 0 spiro atoms. The first-order valence-electron chi connectivity index (χ1n) is 4.14. The van der Waals surface area contributed by atoms with E-state index in [1.54, 1.807) is 6.07 Å². The highest BCUT2D eigenvalue weighted by Crippen LogP contribution is 2.17. The molecule has 0 N–H and O–H groups in total.